The van der Waals surface area contributed by atoms with E-state index in [0.29, 0.717) is 19.8 Å². The first-order chi connectivity index (χ1) is 12.7. The highest BCUT2D eigenvalue weighted by Crippen LogP contribution is 2.34. The first kappa shape index (κ1) is 18.2. The largest absolute Gasteiger partial charge is 0.376 e. The predicted molar refractivity (Wildman–Crippen MR) is 99.9 cm³/mol. The van der Waals surface area contributed by atoms with Crippen LogP contribution in [0.4, 0.5) is 0 Å². The highest BCUT2D eigenvalue weighted by molar-refractivity contribution is 5.82. The summed E-state index contributed by atoms with van der Waals surface area (Å²) in [7, 11) is 0. The van der Waals surface area contributed by atoms with Crippen LogP contribution in [0.15, 0.2) is 60.7 Å². The van der Waals surface area contributed by atoms with Crippen LogP contribution < -0.4 is 0 Å². The van der Waals surface area contributed by atoms with Gasteiger partial charge in [-0.2, -0.15) is 5.26 Å². The van der Waals surface area contributed by atoms with E-state index in [0.717, 1.165) is 11.1 Å². The normalized spacial score (nSPS) is 20.8. The van der Waals surface area contributed by atoms with Crippen molar-refractivity contribution in [3.63, 3.8) is 0 Å². The lowest BCUT2D eigenvalue weighted by molar-refractivity contribution is -0.133. The van der Waals surface area contributed by atoms with Crippen molar-refractivity contribution >= 4 is 5.91 Å². The van der Waals surface area contributed by atoms with Crippen LogP contribution in [0.3, 0.4) is 0 Å². The summed E-state index contributed by atoms with van der Waals surface area (Å²) in [5.41, 5.74) is 2.23. The molecule has 0 unspecified atom stereocenters. The second-order valence-corrected chi connectivity index (χ2v) is 6.81. The molecular weight excluding hydrogens is 324 g/mol. The van der Waals surface area contributed by atoms with Gasteiger partial charge in [0.05, 0.1) is 31.2 Å². The van der Waals surface area contributed by atoms with Gasteiger partial charge in [-0.05, 0) is 18.1 Å². The molecule has 1 saturated heterocycles. The van der Waals surface area contributed by atoms with E-state index in [1.165, 1.54) is 0 Å². The fourth-order valence-corrected chi connectivity index (χ4v) is 3.57. The van der Waals surface area contributed by atoms with Crippen LogP contribution in [0.2, 0.25) is 0 Å². The molecule has 4 nitrogen and oxygen atoms in total. The molecule has 0 aliphatic carbocycles. The summed E-state index contributed by atoms with van der Waals surface area (Å²) < 4.78 is 5.87. The van der Waals surface area contributed by atoms with Crippen molar-refractivity contribution in [1.29, 1.82) is 5.26 Å². The van der Waals surface area contributed by atoms with Gasteiger partial charge in [0, 0.05) is 18.9 Å². The number of carbonyl (C=O) groups is 1. The lowest BCUT2D eigenvalue weighted by atomic mass is 9.94. The van der Waals surface area contributed by atoms with Gasteiger partial charge in [-0.25, -0.2) is 0 Å². The Kier molecular flexibility index (Phi) is 6.04. The molecule has 0 aromatic heterocycles. The number of likely N-dealkylation sites (tertiary alicyclic amines) is 1. The number of nitrogens with zero attached hydrogens (tertiary/aromatic N) is 2. The Balaban J connectivity index is 1.65. The van der Waals surface area contributed by atoms with Gasteiger partial charge < -0.3 is 9.64 Å². The zero-order valence-electron chi connectivity index (χ0n) is 15.0. The molecule has 0 bridgehead atoms. The summed E-state index contributed by atoms with van der Waals surface area (Å²) in [6.45, 7) is 3.70. The Bertz CT molecular complexity index is 755. The van der Waals surface area contributed by atoms with E-state index in [2.05, 4.69) is 6.07 Å². The van der Waals surface area contributed by atoms with Crippen molar-refractivity contribution in [2.75, 3.05) is 13.2 Å². The molecule has 4 heteroatoms. The average Bonchev–Trinajstić information content (AvgIpc) is 2.99. The molecule has 1 fully saturated rings. The Morgan fingerprint density at radius 2 is 1.81 bits per heavy atom. The number of rotatable bonds is 7. The van der Waals surface area contributed by atoms with E-state index >= 15 is 0 Å². The van der Waals surface area contributed by atoms with Gasteiger partial charge in [-0.1, -0.05) is 60.7 Å². The Labute approximate surface area is 155 Å². The molecule has 1 aliphatic heterocycles. The van der Waals surface area contributed by atoms with Crippen LogP contribution in [0, 0.1) is 23.2 Å². The summed E-state index contributed by atoms with van der Waals surface area (Å²) >= 11 is 0. The Morgan fingerprint density at radius 1 is 1.15 bits per heavy atom. The fraction of sp³-hybridized carbons (Fsp3) is 0.364. The van der Waals surface area contributed by atoms with E-state index in [9.17, 15) is 4.79 Å². The molecular formula is C22H24N2O2. The Hall–Kier alpha value is -2.64. The maximum atomic E-state index is 12.9. The average molecular weight is 348 g/mol. The number of hydrogen-bond acceptors (Lipinski definition) is 3. The molecule has 2 aromatic carbocycles. The number of amides is 1. The molecule has 0 N–H and O–H groups in total. The van der Waals surface area contributed by atoms with Crippen LogP contribution in [0.5, 0.6) is 0 Å². The summed E-state index contributed by atoms with van der Waals surface area (Å²) in [6, 6.07) is 22.2. The third kappa shape index (κ3) is 4.12. The minimum Gasteiger partial charge on any atom is -0.376 e. The molecule has 1 aliphatic rings. The van der Waals surface area contributed by atoms with Crippen molar-refractivity contribution in [3.05, 3.63) is 71.8 Å². The molecule has 134 valence electrons. The smallest absolute Gasteiger partial charge is 0.227 e. The van der Waals surface area contributed by atoms with Crippen LogP contribution in [-0.2, 0) is 16.1 Å². The number of nitriles is 1. The van der Waals surface area contributed by atoms with Crippen LogP contribution in [-0.4, -0.2) is 24.0 Å². The van der Waals surface area contributed by atoms with Gasteiger partial charge in [-0.3, -0.25) is 4.79 Å². The molecule has 0 radical (unpaired) electrons. The van der Waals surface area contributed by atoms with Crippen LogP contribution in [0.1, 0.15) is 30.5 Å². The van der Waals surface area contributed by atoms with Crippen LogP contribution in [0.25, 0.3) is 0 Å². The fourth-order valence-electron chi connectivity index (χ4n) is 3.57. The first-order valence-electron chi connectivity index (χ1n) is 9.04. The maximum Gasteiger partial charge on any atom is 0.227 e. The van der Waals surface area contributed by atoms with Gasteiger partial charge >= 0.3 is 0 Å². The van der Waals surface area contributed by atoms with Gasteiger partial charge in [0.15, 0.2) is 0 Å². The van der Waals surface area contributed by atoms with E-state index in [4.69, 9.17) is 10.00 Å². The summed E-state index contributed by atoms with van der Waals surface area (Å²) in [5, 5.41) is 9.15. The van der Waals surface area contributed by atoms with Crippen molar-refractivity contribution in [2.45, 2.75) is 26.0 Å². The second kappa shape index (κ2) is 8.64. The summed E-state index contributed by atoms with van der Waals surface area (Å²) in [6.07, 6.45) is 0.246. The van der Waals surface area contributed by atoms with Gasteiger partial charge in [0.2, 0.25) is 5.91 Å². The second-order valence-electron chi connectivity index (χ2n) is 6.81. The standard InChI is InChI=1S/C22H24N2O2/c1-17(19-10-6-3-7-11-19)24-14-20(21(12-13-23)22(24)25)16-26-15-18-8-4-2-5-9-18/h2-11,17,20-21H,12,14-16H2,1H3/t17-,20-,21-/m1/s1. The quantitative estimate of drug-likeness (QED) is 0.761. The van der Waals surface area contributed by atoms with Crippen LogP contribution >= 0.6 is 0 Å². The molecule has 3 atom stereocenters. The third-order valence-corrected chi connectivity index (χ3v) is 5.10. The lowest BCUT2D eigenvalue weighted by Gasteiger charge is -2.25. The zero-order valence-corrected chi connectivity index (χ0v) is 15.0. The number of ether oxygens (including phenoxy) is 1. The highest BCUT2D eigenvalue weighted by atomic mass is 16.5. The summed E-state index contributed by atoms with van der Waals surface area (Å²) in [4.78, 5) is 14.8. The molecule has 1 amide bonds. The van der Waals surface area contributed by atoms with Gasteiger partial charge in [0.25, 0.3) is 0 Å². The topological polar surface area (TPSA) is 53.3 Å². The monoisotopic (exact) mass is 348 g/mol. The molecule has 0 saturated carbocycles. The highest BCUT2D eigenvalue weighted by Gasteiger charge is 2.42. The SMILES string of the molecule is C[C@H](c1ccccc1)N1C[C@H](COCc2ccccc2)[C@@H](CC#N)C1=O. The van der Waals surface area contributed by atoms with E-state index in [-0.39, 0.29) is 30.2 Å². The third-order valence-electron chi connectivity index (χ3n) is 5.10. The minimum atomic E-state index is -0.276. The molecule has 0 spiro atoms. The lowest BCUT2D eigenvalue weighted by Crippen LogP contribution is -2.30. The Morgan fingerprint density at radius 3 is 2.46 bits per heavy atom. The minimum absolute atomic E-state index is 0.00372. The van der Waals surface area contributed by atoms with Gasteiger partial charge in [0.1, 0.15) is 0 Å². The van der Waals surface area contributed by atoms with E-state index in [1.807, 2.05) is 72.5 Å². The number of benzene rings is 2. The number of carbonyl (C=O) groups excluding carboxylic acids is 1. The van der Waals surface area contributed by atoms with Crippen molar-refractivity contribution in [2.24, 2.45) is 11.8 Å². The first-order valence-corrected chi connectivity index (χ1v) is 9.04. The zero-order chi connectivity index (χ0) is 18.4. The maximum absolute atomic E-state index is 12.9. The van der Waals surface area contributed by atoms with Crippen molar-refractivity contribution in [1.82, 2.24) is 4.90 Å². The molecule has 1 heterocycles. The predicted octanol–water partition coefficient (Wildman–Crippen LogP) is 3.95. The van der Waals surface area contributed by atoms with Gasteiger partial charge in [-0.15, -0.1) is 0 Å². The van der Waals surface area contributed by atoms with Crippen molar-refractivity contribution in [3.8, 4) is 6.07 Å². The molecule has 2 aromatic rings. The van der Waals surface area contributed by atoms with E-state index in [1.54, 1.807) is 0 Å². The summed E-state index contributed by atoms with van der Waals surface area (Å²) in [5.74, 6) is -0.157. The molecule has 26 heavy (non-hydrogen) atoms. The van der Waals surface area contributed by atoms with Crippen molar-refractivity contribution < 1.29 is 9.53 Å². The van der Waals surface area contributed by atoms with E-state index < -0.39 is 0 Å². The number of hydrogen-bond donors (Lipinski definition) is 0. The molecule has 3 rings (SSSR count).